The van der Waals surface area contributed by atoms with Crippen LogP contribution in [-0.2, 0) is 19.4 Å². The Balaban J connectivity index is 2.18. The van der Waals surface area contributed by atoms with E-state index in [0.29, 0.717) is 5.92 Å². The van der Waals surface area contributed by atoms with Crippen molar-refractivity contribution in [2.45, 2.75) is 52.5 Å². The van der Waals surface area contributed by atoms with E-state index in [1.807, 2.05) is 6.20 Å². The zero-order valence-electron chi connectivity index (χ0n) is 12.8. The van der Waals surface area contributed by atoms with Crippen LogP contribution in [0.15, 0.2) is 24.9 Å². The second-order valence-corrected chi connectivity index (χ2v) is 6.28. The van der Waals surface area contributed by atoms with Gasteiger partial charge in [-0.25, -0.2) is 4.39 Å². The lowest BCUT2D eigenvalue weighted by Crippen LogP contribution is -2.21. The van der Waals surface area contributed by atoms with Crippen LogP contribution < -0.4 is 0 Å². The number of hydrogen-bond donors (Lipinski definition) is 0. The number of rotatable bonds is 5. The topological polar surface area (TPSA) is 3.24 Å². The largest absolute Gasteiger partial charge is 0.373 e. The summed E-state index contributed by atoms with van der Waals surface area (Å²) in [4.78, 5) is 2.17. The van der Waals surface area contributed by atoms with Crippen molar-refractivity contribution < 1.29 is 4.39 Å². The van der Waals surface area contributed by atoms with Crippen molar-refractivity contribution in [3.8, 4) is 0 Å². The van der Waals surface area contributed by atoms with Gasteiger partial charge >= 0.3 is 0 Å². The Hall–Kier alpha value is -1.31. The normalized spacial score (nSPS) is 14.8. The van der Waals surface area contributed by atoms with Crippen LogP contribution in [0.3, 0.4) is 0 Å². The van der Waals surface area contributed by atoms with Gasteiger partial charge in [-0.05, 0) is 60.6 Å². The maximum Gasteiger partial charge on any atom is 0.127 e. The summed E-state index contributed by atoms with van der Waals surface area (Å²) in [6.07, 6.45) is 7.32. The van der Waals surface area contributed by atoms with E-state index in [0.717, 1.165) is 43.5 Å². The monoisotopic (exact) mass is 275 g/mol. The van der Waals surface area contributed by atoms with Gasteiger partial charge in [0.25, 0.3) is 0 Å². The first-order valence-corrected chi connectivity index (χ1v) is 7.77. The number of benzene rings is 1. The minimum Gasteiger partial charge on any atom is -0.373 e. The third-order valence-electron chi connectivity index (χ3n) is 3.96. The van der Waals surface area contributed by atoms with Gasteiger partial charge in [0.1, 0.15) is 5.82 Å². The smallest absolute Gasteiger partial charge is 0.127 e. The molecule has 0 aliphatic heterocycles. The number of hydrogen-bond acceptors (Lipinski definition) is 1. The van der Waals surface area contributed by atoms with Gasteiger partial charge in [0.15, 0.2) is 0 Å². The first-order chi connectivity index (χ1) is 9.60. The second-order valence-electron chi connectivity index (χ2n) is 6.28. The summed E-state index contributed by atoms with van der Waals surface area (Å²) in [6.45, 7) is 9.96. The maximum absolute atomic E-state index is 14.3. The molecule has 2 heteroatoms. The van der Waals surface area contributed by atoms with Crippen molar-refractivity contribution in [2.24, 2.45) is 5.92 Å². The number of fused-ring (bicyclic) bond motifs is 1. The lowest BCUT2D eigenvalue weighted by molar-refractivity contribution is 0.324. The van der Waals surface area contributed by atoms with Gasteiger partial charge in [-0.2, -0.15) is 0 Å². The molecule has 20 heavy (non-hydrogen) atoms. The molecule has 0 bridgehead atoms. The molecule has 0 aromatic heterocycles. The van der Waals surface area contributed by atoms with Gasteiger partial charge in [0.05, 0.1) is 0 Å². The van der Waals surface area contributed by atoms with Gasteiger partial charge in [0.2, 0.25) is 0 Å². The van der Waals surface area contributed by atoms with E-state index in [-0.39, 0.29) is 5.82 Å². The summed E-state index contributed by atoms with van der Waals surface area (Å²) >= 11 is 0. The molecule has 2 rings (SSSR count). The molecule has 0 radical (unpaired) electrons. The van der Waals surface area contributed by atoms with E-state index < -0.39 is 0 Å². The zero-order chi connectivity index (χ0) is 14.5. The van der Waals surface area contributed by atoms with Gasteiger partial charge in [-0.1, -0.05) is 32.9 Å². The molecule has 0 heterocycles. The van der Waals surface area contributed by atoms with E-state index in [9.17, 15) is 4.39 Å². The second kappa shape index (κ2) is 6.92. The van der Waals surface area contributed by atoms with Gasteiger partial charge in [-0.15, -0.1) is 0 Å². The first-order valence-electron chi connectivity index (χ1n) is 7.77. The average Bonchev–Trinajstić information content (AvgIpc) is 2.63. The van der Waals surface area contributed by atoms with Crippen molar-refractivity contribution in [1.29, 1.82) is 0 Å². The Labute approximate surface area is 122 Å². The highest BCUT2D eigenvalue weighted by Crippen LogP contribution is 2.25. The molecule has 110 valence electrons. The molecular weight excluding hydrogens is 249 g/mol. The summed E-state index contributed by atoms with van der Waals surface area (Å²) in [5, 5.41) is 0. The molecule has 0 unspecified atom stereocenters. The molecule has 1 aliphatic rings. The number of aryl methyl sites for hydroxylation is 1. The van der Waals surface area contributed by atoms with Gasteiger partial charge < -0.3 is 4.90 Å². The lowest BCUT2D eigenvalue weighted by atomic mass is 9.99. The van der Waals surface area contributed by atoms with Crippen LogP contribution in [0.25, 0.3) is 0 Å². The van der Waals surface area contributed by atoms with Crippen molar-refractivity contribution in [2.75, 3.05) is 6.54 Å². The van der Waals surface area contributed by atoms with Crippen LogP contribution in [0.4, 0.5) is 4.39 Å². The minimum atomic E-state index is -0.00652. The molecule has 0 saturated heterocycles. The van der Waals surface area contributed by atoms with Gasteiger partial charge in [-0.3, -0.25) is 0 Å². The van der Waals surface area contributed by atoms with E-state index >= 15 is 0 Å². The molecule has 1 nitrogen and oxygen atoms in total. The van der Waals surface area contributed by atoms with Crippen LogP contribution >= 0.6 is 0 Å². The Morgan fingerprint density at radius 1 is 1.25 bits per heavy atom. The van der Waals surface area contributed by atoms with Crippen molar-refractivity contribution in [3.05, 3.63) is 47.4 Å². The molecule has 0 amide bonds. The molecule has 1 aromatic carbocycles. The van der Waals surface area contributed by atoms with E-state index in [1.54, 1.807) is 6.07 Å². The van der Waals surface area contributed by atoms with Crippen LogP contribution in [-0.4, -0.2) is 11.4 Å². The van der Waals surface area contributed by atoms with Crippen LogP contribution in [0.2, 0.25) is 0 Å². The Morgan fingerprint density at radius 3 is 2.70 bits per heavy atom. The summed E-state index contributed by atoms with van der Waals surface area (Å²) in [6, 6.07) is 3.93. The maximum atomic E-state index is 14.3. The molecule has 0 saturated carbocycles. The van der Waals surface area contributed by atoms with Crippen molar-refractivity contribution >= 4 is 0 Å². The first kappa shape index (κ1) is 15.1. The van der Waals surface area contributed by atoms with Crippen LogP contribution in [0, 0.1) is 11.7 Å². The zero-order valence-corrected chi connectivity index (χ0v) is 12.8. The molecule has 1 aliphatic carbocycles. The van der Waals surface area contributed by atoms with E-state index in [2.05, 4.69) is 31.4 Å². The van der Waals surface area contributed by atoms with Crippen LogP contribution in [0.5, 0.6) is 0 Å². The van der Waals surface area contributed by atoms with Crippen molar-refractivity contribution in [3.63, 3.8) is 0 Å². The average molecular weight is 275 g/mol. The molecule has 0 atom stereocenters. The standard InChI is InChI=1S/C18H26FN/c1-4-20(12-14(2)3)13-15-10-16-8-6-5-7-9-17(16)18(19)11-15/h4,10-11,14H,1,5-9,12-13H2,2-3H3. The van der Waals surface area contributed by atoms with E-state index in [4.69, 9.17) is 0 Å². The molecule has 1 aromatic rings. The van der Waals surface area contributed by atoms with Crippen LogP contribution in [0.1, 0.15) is 49.8 Å². The Morgan fingerprint density at radius 2 is 2.00 bits per heavy atom. The molecule has 0 N–H and O–H groups in total. The van der Waals surface area contributed by atoms with E-state index in [1.165, 1.54) is 18.4 Å². The highest BCUT2D eigenvalue weighted by Gasteiger charge is 2.14. The summed E-state index contributed by atoms with van der Waals surface area (Å²) in [5.74, 6) is 0.576. The fourth-order valence-corrected chi connectivity index (χ4v) is 3.05. The summed E-state index contributed by atoms with van der Waals surface area (Å²) in [7, 11) is 0. The number of halogens is 1. The highest BCUT2D eigenvalue weighted by atomic mass is 19.1. The fraction of sp³-hybridized carbons (Fsp3) is 0.556. The van der Waals surface area contributed by atoms with Gasteiger partial charge in [0, 0.05) is 13.1 Å². The summed E-state index contributed by atoms with van der Waals surface area (Å²) in [5.41, 5.74) is 3.26. The Bertz CT molecular complexity index is 465. The molecular formula is C18H26FN. The van der Waals surface area contributed by atoms with Crippen molar-refractivity contribution in [1.82, 2.24) is 4.90 Å². The summed E-state index contributed by atoms with van der Waals surface area (Å²) < 4.78 is 14.3. The third kappa shape index (κ3) is 3.84. The fourth-order valence-electron chi connectivity index (χ4n) is 3.05. The third-order valence-corrected chi connectivity index (χ3v) is 3.96. The minimum absolute atomic E-state index is 0.00652. The lowest BCUT2D eigenvalue weighted by Gasteiger charge is -2.23. The SMILES string of the molecule is C=CN(Cc1cc(F)c2c(c1)CCCCC2)CC(C)C. The highest BCUT2D eigenvalue weighted by molar-refractivity contribution is 5.34. The quantitative estimate of drug-likeness (QED) is 0.704. The molecule has 0 spiro atoms. The number of nitrogens with zero attached hydrogens (tertiary/aromatic N) is 1. The predicted molar refractivity (Wildman–Crippen MR) is 83.1 cm³/mol. The Kier molecular flexibility index (Phi) is 5.22. The molecule has 0 fully saturated rings. The predicted octanol–water partition coefficient (Wildman–Crippen LogP) is 4.70.